The summed E-state index contributed by atoms with van der Waals surface area (Å²) in [5.41, 5.74) is 0.309. The van der Waals surface area contributed by atoms with E-state index in [1.165, 1.54) is 36.8 Å². The normalized spacial score (nSPS) is 37.7. The molecule has 22 nitrogen and oxygen atoms in total. The molecule has 12 atom stereocenters. The third kappa shape index (κ3) is 18.8. The number of ether oxygens (including phenoxy) is 11. The van der Waals surface area contributed by atoms with Gasteiger partial charge in [0.2, 0.25) is 6.10 Å². The summed E-state index contributed by atoms with van der Waals surface area (Å²) >= 11 is 0. The molecule has 1 aromatic carbocycles. The zero-order valence-electron chi connectivity index (χ0n) is 66.3. The Kier molecular flexibility index (Phi) is 24.3. The second-order valence-electron chi connectivity index (χ2n) is 37.7. The van der Waals surface area contributed by atoms with Gasteiger partial charge >= 0.3 is 83.3 Å². The summed E-state index contributed by atoms with van der Waals surface area (Å²) in [5.74, 6) is -25.9. The van der Waals surface area contributed by atoms with Crippen molar-refractivity contribution in [3.05, 3.63) is 35.4 Å². The average molecular weight is 1660 g/mol. The van der Waals surface area contributed by atoms with Crippen molar-refractivity contribution in [1.82, 2.24) is 0 Å². The van der Waals surface area contributed by atoms with Gasteiger partial charge in [-0.1, -0.05) is 49.1 Å². The van der Waals surface area contributed by atoms with Gasteiger partial charge in [0, 0.05) is 82.0 Å². The van der Waals surface area contributed by atoms with E-state index in [9.17, 15) is 96.6 Å². The van der Waals surface area contributed by atoms with Gasteiger partial charge in [-0.05, 0) is 201 Å². The SMILES string of the molecule is CC(F)(F)C(=O)OC12CC3CC(C1)C1(OC(COC(=O)C45CC6CC(C4)C(=O)C(C6)C5)C(COC(=O)C45CC6CC(C4)C(=O)C(C6)C5)O1)C(C3)C2.CC(F)(F)C(=O)OC1CCOC1=O.CC(F)(F)C(=O)OC1COC(=O)C1.CC(F)(F)C(=O)OCC1CCCCC1.Cc1ccc(C23CC4CC(CC(COC(=O)C(C)(F)F)(C4)C2)C3)cc1. The first-order valence-corrected chi connectivity index (χ1v) is 41.2. The molecule has 32 heteroatoms. The van der Waals surface area contributed by atoms with Crippen molar-refractivity contribution in [2.75, 3.05) is 39.6 Å². The average Bonchev–Trinajstić information content (AvgIpc) is 1.38. The van der Waals surface area contributed by atoms with Crippen molar-refractivity contribution in [2.45, 2.75) is 292 Å². The molecule has 1 aromatic rings. The topological polar surface area (TPSA) is 289 Å². The lowest BCUT2D eigenvalue weighted by atomic mass is 9.43. The van der Waals surface area contributed by atoms with Crippen LogP contribution >= 0.6 is 0 Å². The standard InChI is InChI=1S/C39H48F2O10.C21H26F2O2.C10H16F2O2.2C7H8F2O4/c1-35(40,41)32(44)51-38-10-21-6-26(15-38)39(27(7-21)16-38)49-28(17-47-33(45)36-8-19-2-22(11-36)30(42)23(3-19)12-36)29(50-39)18-48-34(46)37-9-20-4-24(13-37)31(43)25(5-20)14-37;1-14-3-5-17(6-4-14)21-10-15-7-16(11-21)9-20(8-15,12-21)13-25-18(24)19(2,22)23;1-10(11,12)9(13)14-7-8-5-3-2-4-6-8;1-7(8,9)6(11)13-4-2-5(10)12-3-4;1-7(8,9)6(11)13-4-2-3-12-5(4)10/h19-29H,2-18H2,1H3;3-6,15-16H,7-13H2,1-2H3;8H,2-7H2,1H3;2*4H,2-3H2,1H3. The quantitative estimate of drug-likeness (QED) is 0.0706. The van der Waals surface area contributed by atoms with Crippen LogP contribution in [0.15, 0.2) is 24.3 Å². The number of ketones is 2. The molecular formula is C84H106F10O22. The Morgan fingerprint density at radius 2 is 0.931 bits per heavy atom. The number of esters is 9. The van der Waals surface area contributed by atoms with E-state index in [-0.39, 0.29) is 123 Å². The van der Waals surface area contributed by atoms with Gasteiger partial charge in [-0.25, -0.2) is 28.8 Å². The molecule has 644 valence electrons. The van der Waals surface area contributed by atoms with Crippen LogP contribution in [0.2, 0.25) is 0 Å². The molecule has 3 aliphatic heterocycles. The zero-order chi connectivity index (χ0) is 83.9. The van der Waals surface area contributed by atoms with Gasteiger partial charge in [0.1, 0.15) is 55.3 Å². The van der Waals surface area contributed by atoms with Crippen LogP contribution in [-0.2, 0) is 110 Å². The molecule has 20 aliphatic rings. The van der Waals surface area contributed by atoms with Crippen molar-refractivity contribution < 1.29 is 149 Å². The monoisotopic (exact) mass is 1660 g/mol. The van der Waals surface area contributed by atoms with Crippen LogP contribution in [0.5, 0.6) is 0 Å². The molecule has 0 N–H and O–H groups in total. The van der Waals surface area contributed by atoms with Crippen molar-refractivity contribution in [3.63, 3.8) is 0 Å². The first-order chi connectivity index (χ1) is 54.2. The Hall–Kier alpha value is -6.99. The number of hydrogen-bond acceptors (Lipinski definition) is 22. The molecule has 0 aromatic heterocycles. The number of benzene rings is 1. The van der Waals surface area contributed by atoms with E-state index in [4.69, 9.17) is 28.4 Å². The largest absolute Gasteiger partial charge is 0.463 e. The van der Waals surface area contributed by atoms with Gasteiger partial charge in [0.05, 0.1) is 37.1 Å². The van der Waals surface area contributed by atoms with Crippen LogP contribution in [0.4, 0.5) is 43.9 Å². The summed E-state index contributed by atoms with van der Waals surface area (Å²) in [5, 5.41) is 0. The first-order valence-electron chi connectivity index (χ1n) is 41.2. The summed E-state index contributed by atoms with van der Waals surface area (Å²) in [7, 11) is 0. The molecule has 20 fully saturated rings. The number of alkyl halides is 10. The Balaban J connectivity index is 0.000000148. The Labute approximate surface area is 666 Å². The van der Waals surface area contributed by atoms with Gasteiger partial charge in [-0.15, -0.1) is 0 Å². The lowest BCUT2D eigenvalue weighted by Crippen LogP contribution is -2.65. The van der Waals surface area contributed by atoms with E-state index in [1.54, 1.807) is 0 Å². The number of rotatable bonds is 19. The summed E-state index contributed by atoms with van der Waals surface area (Å²) in [6, 6.07) is 8.81. The van der Waals surface area contributed by atoms with Crippen molar-refractivity contribution >= 4 is 65.3 Å². The fraction of sp³-hybridized carbons (Fsp3) is 0.798. The Morgan fingerprint density at radius 3 is 1.38 bits per heavy atom. The van der Waals surface area contributed by atoms with E-state index in [0.717, 1.165) is 96.3 Å². The third-order valence-electron chi connectivity index (χ3n) is 27.8. The Morgan fingerprint density at radius 1 is 0.466 bits per heavy atom. The molecule has 3 heterocycles. The van der Waals surface area contributed by atoms with Gasteiger partial charge < -0.3 is 52.1 Å². The number of Topliss-reactive ketones (excluding diaryl/α,β-unsaturated/α-hetero) is 2. The number of aryl methyl sites for hydroxylation is 1. The van der Waals surface area contributed by atoms with Gasteiger partial charge in [-0.2, -0.15) is 43.9 Å². The van der Waals surface area contributed by atoms with E-state index < -0.39 is 118 Å². The maximum absolute atomic E-state index is 14.0. The van der Waals surface area contributed by atoms with Gasteiger partial charge in [-0.3, -0.25) is 24.0 Å². The minimum absolute atomic E-state index is 0.0766. The van der Waals surface area contributed by atoms with Gasteiger partial charge in [0.15, 0.2) is 5.79 Å². The molecule has 16 bridgehead atoms. The number of carbonyl (C=O) groups is 11. The van der Waals surface area contributed by atoms with Crippen LogP contribution in [0, 0.1) is 94.2 Å². The number of cyclic esters (lactones) is 2. The highest BCUT2D eigenvalue weighted by atomic mass is 19.3. The summed E-state index contributed by atoms with van der Waals surface area (Å²) in [6.45, 7) is 4.74. The highest BCUT2D eigenvalue weighted by molar-refractivity contribution is 5.91. The van der Waals surface area contributed by atoms with Crippen molar-refractivity contribution in [1.29, 1.82) is 0 Å². The molecule has 17 saturated carbocycles. The molecule has 12 unspecified atom stereocenters. The predicted octanol–water partition coefficient (Wildman–Crippen LogP) is 13.9. The highest BCUT2D eigenvalue weighted by Crippen LogP contribution is 2.68. The maximum Gasteiger partial charge on any atom is 0.377 e. The molecule has 17 aliphatic carbocycles. The third-order valence-corrected chi connectivity index (χ3v) is 27.8. The summed E-state index contributed by atoms with van der Waals surface area (Å²) in [6.07, 6.45) is 18.1. The van der Waals surface area contributed by atoms with Crippen LogP contribution in [0.3, 0.4) is 0 Å². The molecule has 116 heavy (non-hydrogen) atoms. The zero-order valence-corrected chi connectivity index (χ0v) is 66.3. The first kappa shape index (κ1) is 86.8. The minimum atomic E-state index is -3.60. The van der Waals surface area contributed by atoms with E-state index in [0.29, 0.717) is 115 Å². The number of hydrogen-bond donors (Lipinski definition) is 0. The Bertz CT molecular complexity index is 3760. The van der Waals surface area contributed by atoms with E-state index in [2.05, 4.69) is 54.9 Å². The van der Waals surface area contributed by atoms with Crippen LogP contribution < -0.4 is 0 Å². The molecule has 21 rings (SSSR count). The maximum atomic E-state index is 14.0. The van der Waals surface area contributed by atoms with Gasteiger partial charge in [0.25, 0.3) is 0 Å². The second-order valence-corrected chi connectivity index (χ2v) is 37.7. The smallest absolute Gasteiger partial charge is 0.377 e. The number of halogens is 10. The van der Waals surface area contributed by atoms with E-state index in [1.807, 2.05) is 0 Å². The van der Waals surface area contributed by atoms with Crippen molar-refractivity contribution in [3.8, 4) is 0 Å². The van der Waals surface area contributed by atoms with Crippen molar-refractivity contribution in [2.24, 2.45) is 87.3 Å². The highest BCUT2D eigenvalue weighted by Gasteiger charge is 2.71. The lowest BCUT2D eigenvalue weighted by Gasteiger charge is -2.62. The molecular weight excluding hydrogens is 1550 g/mol. The summed E-state index contributed by atoms with van der Waals surface area (Å²) < 4.78 is 187. The van der Waals surface area contributed by atoms with Crippen LogP contribution in [0.1, 0.15) is 226 Å². The fourth-order valence-electron chi connectivity index (χ4n) is 23.7. The van der Waals surface area contributed by atoms with Crippen LogP contribution in [-0.4, -0.2) is 170 Å². The van der Waals surface area contributed by atoms with E-state index >= 15 is 0 Å². The predicted molar refractivity (Wildman–Crippen MR) is 381 cm³/mol. The molecule has 3 saturated heterocycles. The molecule has 1 spiro atoms. The number of carbonyl (C=O) groups excluding carboxylic acids is 11. The second kappa shape index (κ2) is 32.5. The lowest BCUT2D eigenvalue weighted by molar-refractivity contribution is -0.326. The molecule has 0 amide bonds. The fourth-order valence-corrected chi connectivity index (χ4v) is 23.7. The summed E-state index contributed by atoms with van der Waals surface area (Å²) in [4.78, 5) is 130. The molecule has 0 radical (unpaired) electrons. The van der Waals surface area contributed by atoms with Crippen LogP contribution in [0.25, 0.3) is 0 Å². The minimum Gasteiger partial charge on any atom is -0.463 e.